The van der Waals surface area contributed by atoms with Crippen molar-refractivity contribution in [1.29, 1.82) is 0 Å². The largest absolute Gasteiger partial charge is 0.462 e. The minimum Gasteiger partial charge on any atom is -0.462 e. The fourth-order valence-electron chi connectivity index (χ4n) is 11.2. The summed E-state index contributed by atoms with van der Waals surface area (Å²) in [6.45, 7) is 2.13. The van der Waals surface area contributed by atoms with E-state index in [9.17, 15) is 48.3 Å². The molecule has 0 aliphatic rings. The molecular formula is C74H146O16P2S2. The smallest absolute Gasteiger partial charge is 0.389 e. The monoisotopic (exact) mass is 1420 g/mol. The predicted octanol–water partition coefficient (Wildman–Crippen LogP) is 23.2. The Morgan fingerprint density at radius 1 is 0.287 bits per heavy atom. The minimum absolute atomic E-state index is 0.235. The van der Waals surface area contributed by atoms with Gasteiger partial charge < -0.3 is 38.9 Å². The molecule has 0 aromatic rings. The summed E-state index contributed by atoms with van der Waals surface area (Å²) < 4.78 is 56.3. The van der Waals surface area contributed by atoms with E-state index >= 15 is 0 Å². The number of carbonyl (C=O) groups excluding carboxylic acids is 4. The summed E-state index contributed by atoms with van der Waals surface area (Å²) in [7, 11) is 0. The number of ether oxygens (including phenoxy) is 4. The number of aliphatic hydroxyl groups is 2. The van der Waals surface area contributed by atoms with Crippen molar-refractivity contribution in [2.45, 2.75) is 424 Å². The SMILES string of the molecule is CCCCCCCCCCCCCCCC(=O)OC[C@H](COP(=O)(O)SC(C)O)OC(=O)CCCCCCCCCCCCCCC.CCCCCCCCCCCCCCCC(=O)OC[C@H](COP(=O)(O)SC(C)O)OC(=O)CCCCCCCCCCCCCCC. The molecule has 6 atom stereocenters. The van der Waals surface area contributed by atoms with Gasteiger partial charge in [0.2, 0.25) is 0 Å². The summed E-state index contributed by atoms with van der Waals surface area (Å²) in [6, 6.07) is 0. The Balaban J connectivity index is 0. The van der Waals surface area contributed by atoms with Crippen LogP contribution in [0.25, 0.3) is 0 Å². The van der Waals surface area contributed by atoms with E-state index in [2.05, 4.69) is 27.7 Å². The van der Waals surface area contributed by atoms with E-state index in [-0.39, 0.29) is 50.8 Å². The number of rotatable bonds is 72. The topological polar surface area (TPSA) is 239 Å². The van der Waals surface area contributed by atoms with Gasteiger partial charge in [-0.25, -0.2) is 9.13 Å². The first-order chi connectivity index (χ1) is 45.4. The maximum Gasteiger partial charge on any atom is 0.389 e. The van der Waals surface area contributed by atoms with Gasteiger partial charge in [-0.15, -0.1) is 0 Å². The molecule has 0 bridgehead atoms. The highest BCUT2D eigenvalue weighted by atomic mass is 32.7. The highest BCUT2D eigenvalue weighted by molar-refractivity contribution is 8.55. The van der Waals surface area contributed by atoms with Crippen LogP contribution in [0.1, 0.15) is 401 Å². The Bertz CT molecular complexity index is 1660. The first kappa shape index (κ1) is 94.9. The number of hydrogen-bond acceptors (Lipinski definition) is 16. The van der Waals surface area contributed by atoms with Gasteiger partial charge in [0.1, 0.15) is 24.1 Å². The van der Waals surface area contributed by atoms with Gasteiger partial charge in [-0.05, 0) is 62.3 Å². The van der Waals surface area contributed by atoms with Gasteiger partial charge in [0.05, 0.1) is 13.2 Å². The van der Waals surface area contributed by atoms with Gasteiger partial charge in [-0.3, -0.25) is 28.2 Å². The zero-order valence-corrected chi connectivity index (χ0v) is 64.6. The lowest BCUT2D eigenvalue weighted by atomic mass is 10.0. The van der Waals surface area contributed by atoms with E-state index in [1.165, 1.54) is 271 Å². The van der Waals surface area contributed by atoms with Crippen molar-refractivity contribution >= 4 is 60.2 Å². The maximum atomic E-state index is 12.5. The molecule has 560 valence electrons. The zero-order valence-electron chi connectivity index (χ0n) is 61.1. The predicted molar refractivity (Wildman–Crippen MR) is 393 cm³/mol. The lowest BCUT2D eigenvalue weighted by molar-refractivity contribution is -0.161. The van der Waals surface area contributed by atoms with E-state index < -0.39 is 61.8 Å². The molecule has 0 saturated carbocycles. The number of hydrogen-bond donors (Lipinski definition) is 4. The average molecular weight is 1420 g/mol. The van der Waals surface area contributed by atoms with Gasteiger partial charge in [-0.1, -0.05) is 336 Å². The summed E-state index contributed by atoms with van der Waals surface area (Å²) in [5.41, 5.74) is -2.19. The van der Waals surface area contributed by atoms with Crippen LogP contribution in [0.3, 0.4) is 0 Å². The lowest BCUT2D eigenvalue weighted by Gasteiger charge is -2.20. The van der Waals surface area contributed by atoms with Crippen LogP contribution in [0.2, 0.25) is 0 Å². The van der Waals surface area contributed by atoms with Crippen molar-refractivity contribution in [2.75, 3.05) is 26.4 Å². The van der Waals surface area contributed by atoms with Crippen LogP contribution in [-0.4, -0.2) is 93.4 Å². The molecule has 0 saturated heterocycles. The van der Waals surface area contributed by atoms with Crippen LogP contribution in [0, 0.1) is 0 Å². The van der Waals surface area contributed by atoms with Crippen molar-refractivity contribution in [2.24, 2.45) is 0 Å². The van der Waals surface area contributed by atoms with Crippen molar-refractivity contribution in [3.8, 4) is 0 Å². The first-order valence-electron chi connectivity index (χ1n) is 38.8. The molecule has 0 amide bonds. The fraction of sp³-hybridized carbons (Fsp3) is 0.946. The van der Waals surface area contributed by atoms with Crippen LogP contribution in [-0.2, 0) is 56.3 Å². The minimum atomic E-state index is -4.15. The Labute approximate surface area is 584 Å². The van der Waals surface area contributed by atoms with E-state index in [1.54, 1.807) is 0 Å². The summed E-state index contributed by atoms with van der Waals surface area (Å²) in [4.78, 5) is 69.6. The second-order valence-electron chi connectivity index (χ2n) is 26.5. The Kier molecular flexibility index (Phi) is 72.3. The molecule has 0 aliphatic heterocycles. The number of unbranched alkanes of at least 4 members (excludes halogenated alkanes) is 48. The Hall–Kier alpha value is -1.20. The summed E-state index contributed by atoms with van der Waals surface area (Å²) >= 11 is 0.791. The van der Waals surface area contributed by atoms with Crippen LogP contribution < -0.4 is 0 Å². The van der Waals surface area contributed by atoms with Gasteiger partial charge in [-0.2, -0.15) is 0 Å². The molecule has 0 aromatic heterocycles. The molecule has 0 spiro atoms. The third kappa shape index (κ3) is 75.0. The van der Waals surface area contributed by atoms with Gasteiger partial charge in [0.15, 0.2) is 12.2 Å². The van der Waals surface area contributed by atoms with Crippen molar-refractivity contribution in [3.63, 3.8) is 0 Å². The molecule has 16 nitrogen and oxygen atoms in total. The molecule has 20 heteroatoms. The lowest BCUT2D eigenvalue weighted by Crippen LogP contribution is -2.29. The summed E-state index contributed by atoms with van der Waals surface area (Å²) in [5.74, 6) is -1.64. The molecule has 4 unspecified atom stereocenters. The maximum absolute atomic E-state index is 12.5. The van der Waals surface area contributed by atoms with Crippen molar-refractivity contribution in [3.05, 3.63) is 0 Å². The first-order valence-corrected chi connectivity index (χ1v) is 44.9. The molecule has 0 fully saturated rings. The highest BCUT2D eigenvalue weighted by Crippen LogP contribution is 2.58. The summed E-state index contributed by atoms with van der Waals surface area (Å²) in [5, 5.41) is 18.9. The standard InChI is InChI=1S/2C37H73O8PS/c2*1-4-6-8-10-12-14-16-18-20-22-24-26-28-30-36(39)43-32-35(33-44-46(41,42)47-34(3)38)45-37(40)31-29-27-25-23-21-19-17-15-13-11-9-7-5-2/h2*34-35,38H,4-33H2,1-3H3,(H,41,42)/t2*34?,35-/m11/s1. The number of carbonyl (C=O) groups is 4. The second kappa shape index (κ2) is 71.6. The molecular weight excluding hydrogens is 1270 g/mol. The quantitative estimate of drug-likeness (QED) is 0.0146. The fourth-order valence-corrected chi connectivity index (χ4v) is 15.8. The van der Waals surface area contributed by atoms with E-state index in [0.29, 0.717) is 35.6 Å². The normalized spacial score (nSPS) is 14.1. The molecule has 0 aliphatic carbocycles. The number of aliphatic hydroxyl groups excluding tert-OH is 2. The van der Waals surface area contributed by atoms with E-state index in [0.717, 1.165) is 64.2 Å². The van der Waals surface area contributed by atoms with Gasteiger partial charge >= 0.3 is 37.5 Å². The molecule has 94 heavy (non-hydrogen) atoms. The second-order valence-corrected chi connectivity index (χ2v) is 34.7. The van der Waals surface area contributed by atoms with Gasteiger partial charge in [0, 0.05) is 25.7 Å². The molecule has 0 rings (SSSR count). The van der Waals surface area contributed by atoms with Gasteiger partial charge in [0.25, 0.3) is 0 Å². The van der Waals surface area contributed by atoms with E-state index in [1.807, 2.05) is 0 Å². The average Bonchev–Trinajstić information content (AvgIpc) is 2.31. The zero-order chi connectivity index (χ0) is 69.7. The summed E-state index contributed by atoms with van der Waals surface area (Å²) in [6.07, 6.45) is 62.4. The Morgan fingerprint density at radius 3 is 0.638 bits per heavy atom. The van der Waals surface area contributed by atoms with Crippen LogP contribution in [0.4, 0.5) is 0 Å². The highest BCUT2D eigenvalue weighted by Gasteiger charge is 2.29. The van der Waals surface area contributed by atoms with Crippen molar-refractivity contribution in [1.82, 2.24) is 0 Å². The Morgan fingerprint density at radius 2 is 0.457 bits per heavy atom. The van der Waals surface area contributed by atoms with E-state index in [4.69, 9.17) is 28.0 Å². The van der Waals surface area contributed by atoms with Crippen LogP contribution >= 0.6 is 36.4 Å². The van der Waals surface area contributed by atoms with Crippen LogP contribution in [0.15, 0.2) is 0 Å². The third-order valence-electron chi connectivity index (χ3n) is 16.8. The molecule has 0 heterocycles. The molecule has 0 aromatic carbocycles. The third-order valence-corrected chi connectivity index (χ3v) is 23.0. The molecule has 4 N–H and O–H groups in total. The van der Waals surface area contributed by atoms with Crippen molar-refractivity contribution < 1.29 is 76.3 Å². The molecule has 0 radical (unpaired) electrons. The number of esters is 4. The van der Waals surface area contributed by atoms with Crippen LogP contribution in [0.5, 0.6) is 0 Å².